The van der Waals surface area contributed by atoms with Crippen molar-refractivity contribution in [3.63, 3.8) is 0 Å². The van der Waals surface area contributed by atoms with Gasteiger partial charge in [-0.25, -0.2) is 0 Å². The van der Waals surface area contributed by atoms with Crippen molar-refractivity contribution in [3.8, 4) is 0 Å². The molecule has 104 valence electrons. The fraction of sp³-hybridized carbons (Fsp3) is 0.562. The van der Waals surface area contributed by atoms with E-state index in [1.165, 1.54) is 5.56 Å². The van der Waals surface area contributed by atoms with Crippen molar-refractivity contribution in [1.29, 1.82) is 0 Å². The summed E-state index contributed by atoms with van der Waals surface area (Å²) >= 11 is 0. The van der Waals surface area contributed by atoms with Gasteiger partial charge in [0.15, 0.2) is 0 Å². The van der Waals surface area contributed by atoms with Crippen LogP contribution >= 0.6 is 0 Å². The van der Waals surface area contributed by atoms with E-state index in [0.29, 0.717) is 12.0 Å². The predicted molar refractivity (Wildman–Crippen MR) is 78.4 cm³/mol. The molecule has 2 unspecified atom stereocenters. The average Bonchev–Trinajstić information content (AvgIpc) is 2.38. The number of hydrogen-bond acceptors (Lipinski definition) is 2. The Morgan fingerprint density at radius 3 is 2.68 bits per heavy atom. The van der Waals surface area contributed by atoms with Crippen LogP contribution in [0.4, 0.5) is 0 Å². The molecule has 0 aromatic heterocycles. The van der Waals surface area contributed by atoms with Crippen LogP contribution in [0, 0.1) is 19.8 Å². The molecule has 0 aliphatic carbocycles. The molecule has 1 fully saturated rings. The summed E-state index contributed by atoms with van der Waals surface area (Å²) in [4.78, 5) is 14.6. The van der Waals surface area contributed by atoms with Crippen LogP contribution < -0.4 is 5.32 Å². The van der Waals surface area contributed by atoms with Crippen LogP contribution in [0.15, 0.2) is 18.2 Å². The van der Waals surface area contributed by atoms with Crippen LogP contribution in [0.3, 0.4) is 0 Å². The summed E-state index contributed by atoms with van der Waals surface area (Å²) in [7, 11) is 2.00. The van der Waals surface area contributed by atoms with Gasteiger partial charge in [-0.3, -0.25) is 4.79 Å². The Balaban J connectivity index is 2.12. The highest BCUT2D eigenvalue weighted by atomic mass is 16.2. The Kier molecular flexibility index (Phi) is 4.25. The van der Waals surface area contributed by atoms with Crippen molar-refractivity contribution in [1.82, 2.24) is 10.2 Å². The third-order valence-corrected chi connectivity index (χ3v) is 4.18. The van der Waals surface area contributed by atoms with E-state index in [-0.39, 0.29) is 5.91 Å². The average molecular weight is 260 g/mol. The first-order valence-electron chi connectivity index (χ1n) is 7.06. The Morgan fingerprint density at radius 1 is 1.37 bits per heavy atom. The Morgan fingerprint density at radius 2 is 2.11 bits per heavy atom. The third kappa shape index (κ3) is 2.98. The zero-order chi connectivity index (χ0) is 14.0. The minimum atomic E-state index is 0.180. The molecule has 1 aromatic carbocycles. The van der Waals surface area contributed by atoms with Gasteiger partial charge in [0.2, 0.25) is 0 Å². The fourth-order valence-corrected chi connectivity index (χ4v) is 2.98. The molecule has 1 saturated heterocycles. The molecule has 1 aliphatic rings. The number of nitrogens with one attached hydrogen (secondary N) is 1. The Bertz CT molecular complexity index is 470. The SMILES string of the molecule is CNC1CCN(C(=O)c2ccc(C)cc2C)CC1C. The van der Waals surface area contributed by atoms with Crippen LogP contribution in [0.5, 0.6) is 0 Å². The van der Waals surface area contributed by atoms with E-state index in [4.69, 9.17) is 0 Å². The molecule has 1 aliphatic heterocycles. The number of rotatable bonds is 2. The number of carbonyl (C=O) groups excluding carboxylic acids is 1. The van der Waals surface area contributed by atoms with Crippen molar-refractivity contribution < 1.29 is 4.79 Å². The van der Waals surface area contributed by atoms with Crippen LogP contribution in [-0.2, 0) is 0 Å². The summed E-state index contributed by atoms with van der Waals surface area (Å²) in [6.45, 7) is 7.98. The quantitative estimate of drug-likeness (QED) is 0.885. The summed E-state index contributed by atoms with van der Waals surface area (Å²) in [6, 6.07) is 6.59. The van der Waals surface area contributed by atoms with Gasteiger partial charge in [0, 0.05) is 24.7 Å². The summed E-state index contributed by atoms with van der Waals surface area (Å²) in [5.74, 6) is 0.687. The predicted octanol–water partition coefficient (Wildman–Crippen LogP) is 2.37. The van der Waals surface area contributed by atoms with E-state index in [1.54, 1.807) is 0 Å². The molecular formula is C16H24N2O. The zero-order valence-electron chi connectivity index (χ0n) is 12.4. The first kappa shape index (κ1) is 14.1. The second kappa shape index (κ2) is 5.74. The lowest BCUT2D eigenvalue weighted by molar-refractivity contribution is 0.0648. The van der Waals surface area contributed by atoms with Gasteiger partial charge in [0.05, 0.1) is 0 Å². The maximum absolute atomic E-state index is 12.6. The molecule has 1 aromatic rings. The molecule has 1 amide bonds. The summed E-state index contributed by atoms with van der Waals surface area (Å²) in [6.07, 6.45) is 1.04. The molecule has 3 nitrogen and oxygen atoms in total. The minimum absolute atomic E-state index is 0.180. The van der Waals surface area contributed by atoms with E-state index in [2.05, 4.69) is 25.2 Å². The maximum Gasteiger partial charge on any atom is 0.254 e. The number of piperidine rings is 1. The Labute approximate surface area is 116 Å². The number of amides is 1. The zero-order valence-corrected chi connectivity index (χ0v) is 12.4. The standard InChI is InChI=1S/C16H24N2O/c1-11-5-6-14(12(2)9-11)16(19)18-8-7-15(17-4)13(3)10-18/h5-6,9,13,15,17H,7-8,10H2,1-4H3. The minimum Gasteiger partial charge on any atom is -0.338 e. The molecule has 19 heavy (non-hydrogen) atoms. The van der Waals surface area contributed by atoms with E-state index >= 15 is 0 Å². The van der Waals surface area contributed by atoms with E-state index in [9.17, 15) is 4.79 Å². The van der Waals surface area contributed by atoms with E-state index < -0.39 is 0 Å². The summed E-state index contributed by atoms with van der Waals surface area (Å²) in [5, 5.41) is 3.33. The molecule has 0 spiro atoms. The number of aryl methyl sites for hydroxylation is 2. The van der Waals surface area contributed by atoms with Crippen molar-refractivity contribution in [3.05, 3.63) is 34.9 Å². The third-order valence-electron chi connectivity index (χ3n) is 4.18. The topological polar surface area (TPSA) is 32.3 Å². The number of likely N-dealkylation sites (tertiary alicyclic amines) is 1. The maximum atomic E-state index is 12.6. The van der Waals surface area contributed by atoms with E-state index in [1.807, 2.05) is 31.0 Å². The van der Waals surface area contributed by atoms with Crippen molar-refractivity contribution in [2.75, 3.05) is 20.1 Å². The molecule has 0 bridgehead atoms. The molecule has 3 heteroatoms. The van der Waals surface area contributed by atoms with Crippen LogP contribution in [0.2, 0.25) is 0 Å². The monoisotopic (exact) mass is 260 g/mol. The van der Waals surface area contributed by atoms with Gasteiger partial charge < -0.3 is 10.2 Å². The first-order chi connectivity index (χ1) is 9.02. The smallest absolute Gasteiger partial charge is 0.254 e. The Hall–Kier alpha value is -1.35. The van der Waals surface area contributed by atoms with Crippen LogP contribution in [0.25, 0.3) is 0 Å². The van der Waals surface area contributed by atoms with Gasteiger partial charge in [-0.05, 0) is 44.9 Å². The van der Waals surface area contributed by atoms with Gasteiger partial charge in [0.25, 0.3) is 5.91 Å². The number of hydrogen-bond donors (Lipinski definition) is 1. The van der Waals surface area contributed by atoms with Crippen molar-refractivity contribution >= 4 is 5.91 Å². The fourth-order valence-electron chi connectivity index (χ4n) is 2.98. The van der Waals surface area contributed by atoms with Gasteiger partial charge in [-0.1, -0.05) is 24.6 Å². The van der Waals surface area contributed by atoms with Gasteiger partial charge in [0.1, 0.15) is 0 Å². The summed E-state index contributed by atoms with van der Waals surface area (Å²) in [5.41, 5.74) is 3.13. The lowest BCUT2D eigenvalue weighted by Crippen LogP contribution is -2.49. The molecule has 2 atom stereocenters. The first-order valence-corrected chi connectivity index (χ1v) is 7.06. The normalized spacial score (nSPS) is 23.5. The highest BCUT2D eigenvalue weighted by Crippen LogP contribution is 2.20. The molecule has 0 radical (unpaired) electrons. The summed E-state index contributed by atoms with van der Waals surface area (Å²) < 4.78 is 0. The highest BCUT2D eigenvalue weighted by Gasteiger charge is 2.28. The molecule has 0 saturated carbocycles. The molecule has 1 heterocycles. The molecule has 1 N–H and O–H groups in total. The van der Waals surface area contributed by atoms with Crippen LogP contribution in [-0.4, -0.2) is 37.0 Å². The number of benzene rings is 1. The van der Waals surface area contributed by atoms with Crippen LogP contribution in [0.1, 0.15) is 34.8 Å². The largest absolute Gasteiger partial charge is 0.338 e. The highest BCUT2D eigenvalue weighted by molar-refractivity contribution is 5.95. The van der Waals surface area contributed by atoms with Gasteiger partial charge in [-0.2, -0.15) is 0 Å². The second-order valence-electron chi connectivity index (χ2n) is 5.73. The van der Waals surface area contributed by atoms with Gasteiger partial charge >= 0.3 is 0 Å². The lowest BCUT2D eigenvalue weighted by Gasteiger charge is -2.37. The van der Waals surface area contributed by atoms with Gasteiger partial charge in [-0.15, -0.1) is 0 Å². The van der Waals surface area contributed by atoms with E-state index in [0.717, 1.165) is 30.6 Å². The van der Waals surface area contributed by atoms with Crippen molar-refractivity contribution in [2.45, 2.75) is 33.2 Å². The lowest BCUT2D eigenvalue weighted by atomic mass is 9.93. The second-order valence-corrected chi connectivity index (χ2v) is 5.73. The van der Waals surface area contributed by atoms with Crippen molar-refractivity contribution in [2.24, 2.45) is 5.92 Å². The molecular weight excluding hydrogens is 236 g/mol. The molecule has 2 rings (SSSR count). The number of carbonyl (C=O) groups is 1. The number of nitrogens with zero attached hydrogens (tertiary/aromatic N) is 1.